The van der Waals surface area contributed by atoms with Gasteiger partial charge in [-0.15, -0.1) is 10.2 Å². The monoisotopic (exact) mass is 464 g/mol. The van der Waals surface area contributed by atoms with E-state index in [9.17, 15) is 9.90 Å². The number of ether oxygens (including phenoxy) is 1. The number of carbonyl (C=O) groups excluding carboxylic acids is 1. The fraction of sp³-hybridized carbons (Fsp3) is 0.261. The number of rotatable bonds is 7. The number of H-pyrrole nitrogens is 1. The van der Waals surface area contributed by atoms with Crippen molar-refractivity contribution >= 4 is 17.7 Å². The van der Waals surface area contributed by atoms with Crippen molar-refractivity contribution < 1.29 is 14.6 Å². The van der Waals surface area contributed by atoms with Crippen LogP contribution in [0.15, 0.2) is 48.5 Å². The molecule has 0 saturated heterocycles. The van der Waals surface area contributed by atoms with E-state index in [2.05, 4.69) is 25.6 Å². The van der Waals surface area contributed by atoms with Crippen molar-refractivity contribution in [2.45, 2.75) is 25.2 Å². The molecule has 170 valence electrons. The van der Waals surface area contributed by atoms with Gasteiger partial charge in [0.1, 0.15) is 17.1 Å². The zero-order valence-corrected chi connectivity index (χ0v) is 19.6. The molecule has 0 fully saturated rings. The molecule has 0 amide bonds. The predicted molar refractivity (Wildman–Crippen MR) is 126 cm³/mol. The lowest BCUT2D eigenvalue weighted by atomic mass is 9.99. The Kier molecular flexibility index (Phi) is 6.30. The number of aliphatic hydroxyl groups is 1. The standard InChI is InChI=1S/C23H24N6O3S/c1-23(2,31)20-19(22(30)32-3)29(18(24-20)13-33-4)15-11-9-14(10-12-15)16-7-5-6-8-17(16)21-25-27-28-26-21/h5-12,31H,13H2,1-4H3,(H,25,26,27,28). The van der Waals surface area contributed by atoms with Gasteiger partial charge < -0.3 is 9.84 Å². The largest absolute Gasteiger partial charge is 0.464 e. The number of hydrogen-bond donors (Lipinski definition) is 2. The first-order chi connectivity index (χ1) is 15.8. The minimum atomic E-state index is -1.31. The summed E-state index contributed by atoms with van der Waals surface area (Å²) in [7, 11) is 1.32. The number of thioether (sulfide) groups is 1. The third-order valence-corrected chi connectivity index (χ3v) is 5.68. The number of hydrogen-bond acceptors (Lipinski definition) is 8. The van der Waals surface area contributed by atoms with Crippen LogP contribution in [0.3, 0.4) is 0 Å². The lowest BCUT2D eigenvalue weighted by molar-refractivity contribution is 0.0535. The minimum Gasteiger partial charge on any atom is -0.464 e. The summed E-state index contributed by atoms with van der Waals surface area (Å²) in [6.07, 6.45) is 1.96. The number of aromatic amines is 1. The smallest absolute Gasteiger partial charge is 0.357 e. The fourth-order valence-corrected chi connectivity index (χ4v) is 4.13. The van der Waals surface area contributed by atoms with Crippen molar-refractivity contribution in [2.24, 2.45) is 0 Å². The number of methoxy groups -OCH3 is 1. The van der Waals surface area contributed by atoms with E-state index in [-0.39, 0.29) is 11.4 Å². The molecule has 9 nitrogen and oxygen atoms in total. The Morgan fingerprint density at radius 2 is 1.85 bits per heavy atom. The van der Waals surface area contributed by atoms with Gasteiger partial charge in [0.05, 0.1) is 12.9 Å². The molecule has 0 atom stereocenters. The average Bonchev–Trinajstić information content (AvgIpc) is 3.47. The summed E-state index contributed by atoms with van der Waals surface area (Å²) in [4.78, 5) is 17.3. The summed E-state index contributed by atoms with van der Waals surface area (Å²) in [6, 6.07) is 15.5. The van der Waals surface area contributed by atoms with E-state index < -0.39 is 11.6 Å². The molecular formula is C23H24N6O3S. The van der Waals surface area contributed by atoms with E-state index in [0.29, 0.717) is 17.4 Å². The first-order valence-corrected chi connectivity index (χ1v) is 11.6. The van der Waals surface area contributed by atoms with E-state index in [1.807, 2.05) is 54.8 Å². The number of carbonyl (C=O) groups is 1. The summed E-state index contributed by atoms with van der Waals surface area (Å²) in [6.45, 7) is 3.21. The molecule has 0 saturated carbocycles. The highest BCUT2D eigenvalue weighted by Gasteiger charge is 2.32. The SMILES string of the molecule is COC(=O)c1c(C(C)(C)O)nc(CSC)n1-c1ccc(-c2ccccc2-c2nn[nH]n2)cc1. The van der Waals surface area contributed by atoms with Crippen molar-refractivity contribution in [3.63, 3.8) is 0 Å². The second-order valence-electron chi connectivity index (χ2n) is 7.87. The second-order valence-corrected chi connectivity index (χ2v) is 8.74. The van der Waals surface area contributed by atoms with Crippen molar-refractivity contribution in [2.75, 3.05) is 13.4 Å². The van der Waals surface area contributed by atoms with E-state index >= 15 is 0 Å². The van der Waals surface area contributed by atoms with Crippen LogP contribution in [0.4, 0.5) is 0 Å². The van der Waals surface area contributed by atoms with Crippen LogP contribution in [0.5, 0.6) is 0 Å². The van der Waals surface area contributed by atoms with Gasteiger partial charge in [-0.1, -0.05) is 36.4 Å². The average molecular weight is 465 g/mol. The maximum absolute atomic E-state index is 12.7. The maximum atomic E-state index is 12.7. The van der Waals surface area contributed by atoms with Crippen LogP contribution in [-0.2, 0) is 16.1 Å². The van der Waals surface area contributed by atoms with Gasteiger partial charge in [0.2, 0.25) is 5.82 Å². The molecule has 2 N–H and O–H groups in total. The Bertz CT molecular complexity index is 1260. The van der Waals surface area contributed by atoms with Gasteiger partial charge in [-0.25, -0.2) is 9.78 Å². The van der Waals surface area contributed by atoms with Gasteiger partial charge in [0.15, 0.2) is 5.69 Å². The molecule has 0 radical (unpaired) electrons. The Balaban J connectivity index is 1.84. The highest BCUT2D eigenvalue weighted by molar-refractivity contribution is 7.97. The van der Waals surface area contributed by atoms with Crippen molar-refractivity contribution in [3.05, 3.63) is 65.7 Å². The molecule has 0 spiro atoms. The first kappa shape index (κ1) is 22.7. The predicted octanol–water partition coefficient (Wildman–Crippen LogP) is 3.60. The van der Waals surface area contributed by atoms with E-state index in [0.717, 1.165) is 22.4 Å². The van der Waals surface area contributed by atoms with Crippen LogP contribution in [-0.4, -0.2) is 54.6 Å². The number of esters is 1. The van der Waals surface area contributed by atoms with Crippen molar-refractivity contribution in [1.82, 2.24) is 30.2 Å². The minimum absolute atomic E-state index is 0.217. The van der Waals surface area contributed by atoms with Crippen molar-refractivity contribution in [1.29, 1.82) is 0 Å². The zero-order chi connectivity index (χ0) is 23.6. The molecule has 0 aliphatic rings. The molecule has 0 aliphatic heterocycles. The lowest BCUT2D eigenvalue weighted by Crippen LogP contribution is -2.22. The van der Waals surface area contributed by atoms with Gasteiger partial charge in [-0.05, 0) is 48.6 Å². The highest BCUT2D eigenvalue weighted by atomic mass is 32.2. The summed E-state index contributed by atoms with van der Waals surface area (Å²) in [5.74, 6) is 1.16. The zero-order valence-electron chi connectivity index (χ0n) is 18.7. The van der Waals surface area contributed by atoms with Crippen LogP contribution in [0.25, 0.3) is 28.2 Å². The molecule has 2 heterocycles. The number of nitrogens with one attached hydrogen (secondary N) is 1. The normalized spacial score (nSPS) is 11.5. The maximum Gasteiger partial charge on any atom is 0.357 e. The fourth-order valence-electron chi connectivity index (χ4n) is 3.68. The molecular weight excluding hydrogens is 440 g/mol. The quantitative estimate of drug-likeness (QED) is 0.398. The van der Waals surface area contributed by atoms with Crippen molar-refractivity contribution in [3.8, 4) is 28.2 Å². The summed E-state index contributed by atoms with van der Waals surface area (Å²) >= 11 is 1.58. The Labute approximate surface area is 195 Å². The van der Waals surface area contributed by atoms with Crippen LogP contribution in [0.1, 0.15) is 35.9 Å². The van der Waals surface area contributed by atoms with Crippen LogP contribution < -0.4 is 0 Å². The number of benzene rings is 2. The van der Waals surface area contributed by atoms with Gasteiger partial charge in [0.25, 0.3) is 0 Å². The van der Waals surface area contributed by atoms with Gasteiger partial charge in [-0.3, -0.25) is 4.57 Å². The van der Waals surface area contributed by atoms with E-state index in [4.69, 9.17) is 4.74 Å². The summed E-state index contributed by atoms with van der Waals surface area (Å²) < 4.78 is 6.79. The molecule has 4 aromatic rings. The molecule has 2 aromatic carbocycles. The summed E-state index contributed by atoms with van der Waals surface area (Å²) in [5, 5.41) is 25.0. The topological polar surface area (TPSA) is 119 Å². The molecule has 0 unspecified atom stereocenters. The Morgan fingerprint density at radius 1 is 1.15 bits per heavy atom. The van der Waals surface area contributed by atoms with E-state index in [1.165, 1.54) is 7.11 Å². The molecule has 0 aliphatic carbocycles. The van der Waals surface area contributed by atoms with Gasteiger partial charge in [-0.2, -0.15) is 17.0 Å². The van der Waals surface area contributed by atoms with Crippen LogP contribution in [0.2, 0.25) is 0 Å². The Morgan fingerprint density at radius 3 is 2.42 bits per heavy atom. The molecule has 10 heteroatoms. The number of aromatic nitrogens is 6. The van der Waals surface area contributed by atoms with Crippen LogP contribution >= 0.6 is 11.8 Å². The molecule has 4 rings (SSSR count). The summed E-state index contributed by atoms with van der Waals surface area (Å²) in [5.41, 5.74) is 2.68. The van der Waals surface area contributed by atoms with Crippen LogP contribution in [0, 0.1) is 0 Å². The number of nitrogens with zero attached hydrogens (tertiary/aromatic N) is 5. The first-order valence-electron chi connectivity index (χ1n) is 10.2. The lowest BCUT2D eigenvalue weighted by Gasteiger charge is -2.17. The molecule has 2 aromatic heterocycles. The number of imidazole rings is 1. The number of tetrazole rings is 1. The Hall–Kier alpha value is -3.50. The molecule has 33 heavy (non-hydrogen) atoms. The highest BCUT2D eigenvalue weighted by Crippen LogP contribution is 2.32. The molecule has 0 bridgehead atoms. The van der Waals surface area contributed by atoms with Gasteiger partial charge in [0, 0.05) is 11.3 Å². The third-order valence-electron chi connectivity index (χ3n) is 5.13. The van der Waals surface area contributed by atoms with E-state index in [1.54, 1.807) is 30.2 Å². The second kappa shape index (κ2) is 9.16. The third kappa shape index (κ3) is 4.39. The van der Waals surface area contributed by atoms with Gasteiger partial charge >= 0.3 is 5.97 Å².